The summed E-state index contributed by atoms with van der Waals surface area (Å²) < 4.78 is 126. The molecule has 212 valence electrons. The molecule has 2 aromatic carbocycles. The van der Waals surface area contributed by atoms with E-state index in [4.69, 9.17) is 30.2 Å². The Morgan fingerprint density at radius 3 is 1.83 bits per heavy atom. The summed E-state index contributed by atoms with van der Waals surface area (Å²) in [5.74, 6) is 0. The molecule has 0 heterocycles. The van der Waals surface area contributed by atoms with E-state index in [2.05, 4.69) is 0 Å². The second-order valence-corrected chi connectivity index (χ2v) is 12.2. The number of allylic oxidation sites excluding steroid dienone is 5. The van der Waals surface area contributed by atoms with Gasteiger partial charge < -0.3 is 20.6 Å². The van der Waals surface area contributed by atoms with Crippen LogP contribution >= 0.6 is 0 Å². The van der Waals surface area contributed by atoms with Crippen molar-refractivity contribution < 1.29 is 111 Å². The number of benzene rings is 2. The number of anilines is 2. The fourth-order valence-corrected chi connectivity index (χ4v) is 5.37. The molecule has 0 aliphatic heterocycles. The average molecular weight is 668 g/mol. The van der Waals surface area contributed by atoms with Crippen LogP contribution in [0.2, 0.25) is 0 Å². The predicted molar refractivity (Wildman–Crippen MR) is 138 cm³/mol. The molecule has 0 fully saturated rings. The summed E-state index contributed by atoms with van der Waals surface area (Å²) >= 11 is -2.61. The van der Waals surface area contributed by atoms with Gasteiger partial charge in [0.2, 0.25) is 0 Å². The minimum atomic E-state index is -5.07. The maximum Gasteiger partial charge on any atom is 1.00 e. The van der Waals surface area contributed by atoms with Gasteiger partial charge >= 0.3 is 59.1 Å². The first-order chi connectivity index (χ1) is 17.6. The van der Waals surface area contributed by atoms with Crippen LogP contribution in [0.5, 0.6) is 0 Å². The minimum Gasteiger partial charge on any atom is -0.744 e. The third-order valence-electron chi connectivity index (χ3n) is 5.03. The van der Waals surface area contributed by atoms with Crippen LogP contribution in [0.3, 0.4) is 0 Å². The Labute approximate surface area is 282 Å². The summed E-state index contributed by atoms with van der Waals surface area (Å²) in [5.41, 5.74) is 10.1. The van der Waals surface area contributed by atoms with Crippen LogP contribution in [0, 0.1) is 12.3 Å². The Balaban J connectivity index is 0.00000250. The van der Waals surface area contributed by atoms with Crippen LogP contribution < -0.4 is 70.6 Å². The summed E-state index contributed by atoms with van der Waals surface area (Å²) in [7, 11) is -15.0. The van der Waals surface area contributed by atoms with Gasteiger partial charge in [-0.2, -0.15) is 12.6 Å². The van der Waals surface area contributed by atoms with Gasteiger partial charge in [0.1, 0.15) is 25.1 Å². The standard InChI is InChI=1S/C20H19N3O9S3.2Na.H2O3S/c1-10-6-13(9-18(20(10)23)35(30,31)32)19(11-2-4-14(21)16(7-11)33(24,25)26)12-3-5-15(22)17(8-12)34(27,28)29;;;1-4(2)3/h2-9,21H,22-23H2,1H3,(H,24,25,26)(H,27,28,29)(H,30,31,32);;;(H2,1,2,3)/q;2*+1;/p-2/b19-11-,21-14?;;;. The molecule has 1 aliphatic carbocycles. The summed E-state index contributed by atoms with van der Waals surface area (Å²) in [5, 5.41) is 7.77. The van der Waals surface area contributed by atoms with Crippen LogP contribution in [0.4, 0.5) is 11.4 Å². The van der Waals surface area contributed by atoms with Crippen molar-refractivity contribution in [2.45, 2.75) is 16.7 Å². The molecule has 0 radical (unpaired) electrons. The fourth-order valence-electron chi connectivity index (χ4n) is 3.41. The molecule has 0 saturated heterocycles. The Morgan fingerprint density at radius 2 is 1.37 bits per heavy atom. The number of nitrogens with two attached hydrogens (primary N) is 2. The topological polar surface area (TPSA) is 302 Å². The van der Waals surface area contributed by atoms with E-state index in [-0.39, 0.29) is 98.3 Å². The van der Waals surface area contributed by atoms with Crippen LogP contribution in [0.25, 0.3) is 5.57 Å². The third-order valence-corrected chi connectivity index (χ3v) is 7.69. The fraction of sp³-hybridized carbons (Fsp3) is 0.0500. The summed E-state index contributed by atoms with van der Waals surface area (Å²) in [6.45, 7) is 1.40. The Morgan fingerprint density at radius 1 is 0.878 bits per heavy atom. The van der Waals surface area contributed by atoms with Gasteiger partial charge in [0.15, 0.2) is 0 Å². The summed E-state index contributed by atoms with van der Waals surface area (Å²) in [6, 6.07) is 5.52. The summed E-state index contributed by atoms with van der Waals surface area (Å²) in [4.78, 5) is -2.39. The van der Waals surface area contributed by atoms with Crippen LogP contribution in [0.1, 0.15) is 16.7 Å². The smallest absolute Gasteiger partial charge is 0.744 e. The predicted octanol–water partition coefficient (Wildman–Crippen LogP) is -5.18. The van der Waals surface area contributed by atoms with Gasteiger partial charge in [-0.1, -0.05) is 12.1 Å². The van der Waals surface area contributed by atoms with Gasteiger partial charge in [-0.3, -0.25) is 19.1 Å². The van der Waals surface area contributed by atoms with E-state index in [0.717, 1.165) is 30.4 Å². The van der Waals surface area contributed by atoms with Gasteiger partial charge in [-0.15, -0.1) is 0 Å². The maximum absolute atomic E-state index is 11.8. The van der Waals surface area contributed by atoms with Crippen molar-refractivity contribution in [1.29, 1.82) is 5.41 Å². The molecule has 8 N–H and O–H groups in total. The first kappa shape index (κ1) is 39.7. The first-order valence-electron chi connectivity index (χ1n) is 9.87. The Bertz CT molecular complexity index is 1820. The van der Waals surface area contributed by atoms with E-state index in [1.54, 1.807) is 0 Å². The van der Waals surface area contributed by atoms with Crippen LogP contribution in [-0.2, 0) is 41.7 Å². The van der Waals surface area contributed by atoms with Crippen molar-refractivity contribution >= 4 is 64.4 Å². The molecule has 0 bridgehead atoms. The van der Waals surface area contributed by atoms with E-state index >= 15 is 0 Å². The molecule has 0 aromatic heterocycles. The zero-order valence-electron chi connectivity index (χ0n) is 21.4. The largest absolute Gasteiger partial charge is 1.00 e. The zero-order valence-corrected chi connectivity index (χ0v) is 28.7. The van der Waals surface area contributed by atoms with E-state index < -0.39 is 62.1 Å². The Hall–Kier alpha value is -1.27. The molecule has 0 amide bonds. The van der Waals surface area contributed by atoms with Crippen LogP contribution in [-0.4, -0.2) is 57.9 Å². The van der Waals surface area contributed by atoms with Crippen LogP contribution in [0.15, 0.2) is 68.8 Å². The molecular weight excluding hydrogens is 648 g/mol. The second-order valence-electron chi connectivity index (χ2n) is 7.66. The quantitative estimate of drug-likeness (QED) is 0.0752. The molecule has 15 nitrogen and oxygen atoms in total. The molecule has 0 spiro atoms. The maximum atomic E-state index is 11.8. The molecule has 3 rings (SSSR count). The molecule has 0 unspecified atom stereocenters. The van der Waals surface area contributed by atoms with Crippen molar-refractivity contribution in [3.05, 3.63) is 75.7 Å². The number of hydrogen-bond acceptors (Lipinski definition) is 12. The minimum absolute atomic E-state index is 0. The van der Waals surface area contributed by atoms with E-state index in [9.17, 15) is 38.9 Å². The van der Waals surface area contributed by atoms with E-state index in [0.29, 0.717) is 0 Å². The second kappa shape index (κ2) is 14.9. The SMILES string of the molecule is Cc1cc(/C(=C2/C=CC(=N)C(S(=O)(=O)O)=C2)c2ccc(N)c(S(=O)(=O)[O-])c2)cc(S(=O)(=O)[O-])c1N.O=S(O)O.[Na+].[Na+]. The zero-order chi connectivity index (χ0) is 30.1. The average Bonchev–Trinajstić information content (AvgIpc) is 2.75. The molecular formula is C20H19N3Na2O12S4. The van der Waals surface area contributed by atoms with Crippen molar-refractivity contribution in [1.82, 2.24) is 0 Å². The van der Waals surface area contributed by atoms with Gasteiger partial charge in [-0.05, 0) is 71.2 Å². The van der Waals surface area contributed by atoms with Gasteiger partial charge in [0.05, 0.1) is 21.2 Å². The van der Waals surface area contributed by atoms with Crippen molar-refractivity contribution in [2.75, 3.05) is 11.5 Å². The molecule has 0 saturated carbocycles. The van der Waals surface area contributed by atoms with Crippen molar-refractivity contribution in [3.63, 3.8) is 0 Å². The summed E-state index contributed by atoms with van der Waals surface area (Å²) in [6.07, 6.45) is 3.16. The Kier molecular flexibility index (Phi) is 14.5. The first-order valence-corrected chi connectivity index (χ1v) is 15.2. The number of hydrogen-bond donors (Lipinski definition) is 6. The monoisotopic (exact) mass is 667 g/mol. The van der Waals surface area contributed by atoms with Gasteiger partial charge in [0, 0.05) is 5.69 Å². The van der Waals surface area contributed by atoms with E-state index in [1.165, 1.54) is 25.1 Å². The number of rotatable bonds is 5. The molecule has 41 heavy (non-hydrogen) atoms. The molecule has 0 atom stereocenters. The normalized spacial score (nSPS) is 14.7. The van der Waals surface area contributed by atoms with Crippen molar-refractivity contribution in [3.8, 4) is 0 Å². The molecule has 1 aliphatic rings. The van der Waals surface area contributed by atoms with E-state index in [1.807, 2.05) is 0 Å². The van der Waals surface area contributed by atoms with Crippen molar-refractivity contribution in [2.24, 2.45) is 0 Å². The number of nitrogen functional groups attached to an aromatic ring is 2. The third kappa shape index (κ3) is 10.4. The molecule has 2 aromatic rings. The molecule has 21 heteroatoms. The van der Waals surface area contributed by atoms with Gasteiger partial charge in [-0.25, -0.2) is 16.8 Å². The number of nitrogens with one attached hydrogen (secondary N) is 1. The van der Waals surface area contributed by atoms with Gasteiger partial charge in [0.25, 0.3) is 21.5 Å². The number of aryl methyl sites for hydroxylation is 1.